The van der Waals surface area contributed by atoms with Crippen LogP contribution in [0, 0.1) is 12.8 Å². The monoisotopic (exact) mass is 301 g/mol. The van der Waals surface area contributed by atoms with Crippen molar-refractivity contribution in [3.8, 4) is 0 Å². The van der Waals surface area contributed by atoms with Crippen molar-refractivity contribution in [2.45, 2.75) is 31.1 Å². The van der Waals surface area contributed by atoms with Gasteiger partial charge in [-0.05, 0) is 43.4 Å². The van der Waals surface area contributed by atoms with E-state index in [1.165, 1.54) is 18.6 Å². The SMILES string of the molecule is Cc1ccc(S(=O)(=O)Cl)cc1C(=O)NCC1CCC1. The molecule has 1 aromatic carbocycles. The standard InChI is InChI=1S/C13H16ClNO3S/c1-9-5-6-11(19(14,17)18)7-12(9)13(16)15-8-10-3-2-4-10/h5-7,10H,2-4,8H2,1H3,(H,15,16). The minimum absolute atomic E-state index is 0.0476. The second-order valence-electron chi connectivity index (χ2n) is 4.92. The van der Waals surface area contributed by atoms with Gasteiger partial charge in [-0.25, -0.2) is 8.42 Å². The van der Waals surface area contributed by atoms with E-state index in [9.17, 15) is 13.2 Å². The molecule has 0 radical (unpaired) electrons. The number of aryl methyl sites for hydroxylation is 1. The highest BCUT2D eigenvalue weighted by atomic mass is 35.7. The van der Waals surface area contributed by atoms with Crippen LogP contribution in [0.1, 0.15) is 35.2 Å². The van der Waals surface area contributed by atoms with Crippen molar-refractivity contribution in [1.29, 1.82) is 0 Å². The summed E-state index contributed by atoms with van der Waals surface area (Å²) in [6.45, 7) is 2.42. The predicted molar refractivity (Wildman–Crippen MR) is 73.9 cm³/mol. The van der Waals surface area contributed by atoms with Gasteiger partial charge in [-0.2, -0.15) is 0 Å². The molecule has 4 nitrogen and oxygen atoms in total. The molecule has 2 rings (SSSR count). The van der Waals surface area contributed by atoms with Crippen molar-refractivity contribution >= 4 is 25.6 Å². The summed E-state index contributed by atoms with van der Waals surface area (Å²) >= 11 is 0. The fourth-order valence-corrected chi connectivity index (χ4v) is 2.80. The fraction of sp³-hybridized carbons (Fsp3) is 0.462. The minimum Gasteiger partial charge on any atom is -0.352 e. The van der Waals surface area contributed by atoms with Crippen molar-refractivity contribution in [1.82, 2.24) is 5.32 Å². The van der Waals surface area contributed by atoms with Crippen molar-refractivity contribution < 1.29 is 13.2 Å². The summed E-state index contributed by atoms with van der Waals surface area (Å²) in [5, 5.41) is 2.84. The summed E-state index contributed by atoms with van der Waals surface area (Å²) in [6, 6.07) is 4.32. The summed E-state index contributed by atoms with van der Waals surface area (Å²) in [5.41, 5.74) is 1.09. The zero-order valence-electron chi connectivity index (χ0n) is 10.6. The number of carbonyl (C=O) groups excluding carboxylic acids is 1. The second kappa shape index (κ2) is 5.51. The maximum atomic E-state index is 12.0. The Morgan fingerprint density at radius 3 is 2.63 bits per heavy atom. The van der Waals surface area contributed by atoms with Gasteiger partial charge < -0.3 is 5.32 Å². The third-order valence-corrected chi connectivity index (χ3v) is 4.86. The summed E-state index contributed by atoms with van der Waals surface area (Å²) < 4.78 is 22.5. The Kier molecular flexibility index (Phi) is 4.16. The van der Waals surface area contributed by atoms with E-state index in [0.29, 0.717) is 18.0 Å². The minimum atomic E-state index is -3.81. The van der Waals surface area contributed by atoms with Crippen molar-refractivity contribution in [3.05, 3.63) is 29.3 Å². The maximum absolute atomic E-state index is 12.0. The molecule has 6 heteroatoms. The van der Waals surface area contributed by atoms with Crippen LogP contribution in [0.3, 0.4) is 0 Å². The first-order chi connectivity index (χ1) is 8.88. The summed E-state index contributed by atoms with van der Waals surface area (Å²) in [5.74, 6) is 0.316. The van der Waals surface area contributed by atoms with Gasteiger partial charge in [-0.15, -0.1) is 0 Å². The normalized spacial score (nSPS) is 15.9. The van der Waals surface area contributed by atoms with Gasteiger partial charge in [-0.3, -0.25) is 4.79 Å². The zero-order valence-corrected chi connectivity index (χ0v) is 12.2. The molecule has 0 spiro atoms. The quantitative estimate of drug-likeness (QED) is 0.869. The Balaban J connectivity index is 2.15. The van der Waals surface area contributed by atoms with Gasteiger partial charge in [0.25, 0.3) is 15.0 Å². The van der Waals surface area contributed by atoms with Crippen molar-refractivity contribution in [2.75, 3.05) is 6.54 Å². The molecular formula is C13H16ClNO3S. The lowest BCUT2D eigenvalue weighted by Gasteiger charge is -2.25. The number of nitrogens with one attached hydrogen (secondary N) is 1. The molecule has 0 bridgehead atoms. The van der Waals surface area contributed by atoms with E-state index >= 15 is 0 Å². The number of carbonyl (C=O) groups is 1. The van der Waals surface area contributed by atoms with Crippen LogP contribution in [0.15, 0.2) is 23.1 Å². The van der Waals surface area contributed by atoms with Gasteiger partial charge in [0.15, 0.2) is 0 Å². The van der Waals surface area contributed by atoms with Crippen molar-refractivity contribution in [2.24, 2.45) is 5.92 Å². The maximum Gasteiger partial charge on any atom is 0.261 e. The summed E-state index contributed by atoms with van der Waals surface area (Å²) in [4.78, 5) is 12.0. The first kappa shape index (κ1) is 14.3. The van der Waals surface area contributed by atoms with Crippen LogP contribution >= 0.6 is 10.7 Å². The van der Waals surface area contributed by atoms with Gasteiger partial charge in [-0.1, -0.05) is 12.5 Å². The smallest absolute Gasteiger partial charge is 0.261 e. The lowest BCUT2D eigenvalue weighted by atomic mass is 9.85. The average molecular weight is 302 g/mol. The van der Waals surface area contributed by atoms with E-state index in [1.54, 1.807) is 13.0 Å². The molecule has 1 aliphatic carbocycles. The Labute approximate surface area is 117 Å². The van der Waals surface area contributed by atoms with E-state index in [-0.39, 0.29) is 10.8 Å². The molecular weight excluding hydrogens is 286 g/mol. The largest absolute Gasteiger partial charge is 0.352 e. The fourth-order valence-electron chi connectivity index (χ4n) is 2.03. The van der Waals surface area contributed by atoms with E-state index in [2.05, 4.69) is 5.32 Å². The van der Waals surface area contributed by atoms with Crippen LogP contribution in [0.25, 0.3) is 0 Å². The van der Waals surface area contributed by atoms with Crippen LogP contribution in [0.2, 0.25) is 0 Å². The van der Waals surface area contributed by atoms with Crippen molar-refractivity contribution in [3.63, 3.8) is 0 Å². The topological polar surface area (TPSA) is 63.2 Å². The molecule has 0 atom stereocenters. The van der Waals surface area contributed by atoms with Crippen LogP contribution in [0.5, 0.6) is 0 Å². The lowest BCUT2D eigenvalue weighted by Crippen LogP contribution is -2.32. The van der Waals surface area contributed by atoms with E-state index in [0.717, 1.165) is 18.4 Å². The highest BCUT2D eigenvalue weighted by Gasteiger charge is 2.20. The molecule has 0 heterocycles. The molecule has 1 saturated carbocycles. The Morgan fingerprint density at radius 2 is 2.11 bits per heavy atom. The summed E-state index contributed by atoms with van der Waals surface area (Å²) in [7, 11) is 1.48. The van der Waals surface area contributed by atoms with Gasteiger partial charge in [0.2, 0.25) is 0 Å². The molecule has 1 amide bonds. The number of rotatable bonds is 4. The number of benzene rings is 1. The van der Waals surface area contributed by atoms with Gasteiger partial charge >= 0.3 is 0 Å². The highest BCUT2D eigenvalue weighted by molar-refractivity contribution is 8.13. The van der Waals surface area contributed by atoms with Gasteiger partial charge in [0, 0.05) is 22.8 Å². The molecule has 0 saturated heterocycles. The predicted octanol–water partition coefficient (Wildman–Crippen LogP) is 2.45. The second-order valence-corrected chi connectivity index (χ2v) is 7.49. The lowest BCUT2D eigenvalue weighted by molar-refractivity contribution is 0.0938. The first-order valence-corrected chi connectivity index (χ1v) is 8.52. The number of amides is 1. The van der Waals surface area contributed by atoms with Crippen LogP contribution < -0.4 is 5.32 Å². The zero-order chi connectivity index (χ0) is 14.0. The first-order valence-electron chi connectivity index (χ1n) is 6.21. The molecule has 1 N–H and O–H groups in total. The van der Waals surface area contributed by atoms with E-state index in [1.807, 2.05) is 0 Å². The Morgan fingerprint density at radius 1 is 1.42 bits per heavy atom. The Hall–Kier alpha value is -1.07. The van der Waals surface area contributed by atoms with Crippen LogP contribution in [-0.2, 0) is 9.05 Å². The van der Waals surface area contributed by atoms with Crippen LogP contribution in [-0.4, -0.2) is 20.9 Å². The molecule has 0 aromatic heterocycles. The Bertz CT molecular complexity index is 594. The molecule has 1 aliphatic rings. The highest BCUT2D eigenvalue weighted by Crippen LogP contribution is 2.25. The van der Waals surface area contributed by atoms with Gasteiger partial charge in [0.1, 0.15) is 0 Å². The molecule has 0 unspecified atom stereocenters. The van der Waals surface area contributed by atoms with Gasteiger partial charge in [0.05, 0.1) is 4.90 Å². The molecule has 0 aliphatic heterocycles. The number of hydrogen-bond donors (Lipinski definition) is 1. The number of hydrogen-bond acceptors (Lipinski definition) is 3. The molecule has 1 aromatic rings. The third-order valence-electron chi connectivity index (χ3n) is 3.51. The average Bonchev–Trinajstić information content (AvgIpc) is 2.25. The third kappa shape index (κ3) is 3.48. The van der Waals surface area contributed by atoms with E-state index < -0.39 is 9.05 Å². The van der Waals surface area contributed by atoms with E-state index in [4.69, 9.17) is 10.7 Å². The summed E-state index contributed by atoms with van der Waals surface area (Å²) in [6.07, 6.45) is 3.52. The molecule has 104 valence electrons. The number of halogens is 1. The molecule has 19 heavy (non-hydrogen) atoms. The molecule has 1 fully saturated rings. The van der Waals surface area contributed by atoms with Crippen LogP contribution in [0.4, 0.5) is 0 Å².